The monoisotopic (exact) mass is 144 g/mol. The first-order valence-corrected chi connectivity index (χ1v) is 3.03. The standard InChI is InChI=1S/C6H8O4/c1-3-4(2)10-6(8)5(7)9-3/h3-4H,1-2H3/t3-,4-/m0/s1. The maximum absolute atomic E-state index is 10.5. The molecule has 1 aliphatic rings. The molecule has 1 aliphatic heterocycles. The minimum Gasteiger partial charge on any atom is -0.450 e. The number of carbonyl (C=O) groups excluding carboxylic acids is 2. The third-order valence-electron chi connectivity index (χ3n) is 1.41. The van der Waals surface area contributed by atoms with Crippen LogP contribution in [0.25, 0.3) is 0 Å². The van der Waals surface area contributed by atoms with E-state index in [1.807, 2.05) is 0 Å². The average Bonchev–Trinajstić information content (AvgIpc) is 1.84. The Kier molecular flexibility index (Phi) is 1.61. The molecule has 0 aromatic rings. The van der Waals surface area contributed by atoms with Gasteiger partial charge in [0.15, 0.2) is 0 Å². The molecule has 10 heavy (non-hydrogen) atoms. The summed E-state index contributed by atoms with van der Waals surface area (Å²) in [6, 6.07) is 0. The maximum Gasteiger partial charge on any atom is 0.417 e. The summed E-state index contributed by atoms with van der Waals surface area (Å²) in [5.41, 5.74) is 0. The molecule has 0 radical (unpaired) electrons. The van der Waals surface area contributed by atoms with Crippen LogP contribution in [0.5, 0.6) is 0 Å². The lowest BCUT2D eigenvalue weighted by Gasteiger charge is -2.24. The van der Waals surface area contributed by atoms with E-state index in [-0.39, 0.29) is 12.2 Å². The average molecular weight is 144 g/mol. The van der Waals surface area contributed by atoms with Gasteiger partial charge >= 0.3 is 11.9 Å². The van der Waals surface area contributed by atoms with Crippen molar-refractivity contribution in [2.75, 3.05) is 0 Å². The van der Waals surface area contributed by atoms with Crippen molar-refractivity contribution in [2.45, 2.75) is 26.1 Å². The second kappa shape index (κ2) is 2.28. The van der Waals surface area contributed by atoms with E-state index in [2.05, 4.69) is 9.47 Å². The lowest BCUT2D eigenvalue weighted by molar-refractivity contribution is -0.191. The Balaban J connectivity index is 2.63. The van der Waals surface area contributed by atoms with Crippen molar-refractivity contribution < 1.29 is 19.1 Å². The summed E-state index contributed by atoms with van der Waals surface area (Å²) in [4.78, 5) is 20.9. The van der Waals surface area contributed by atoms with E-state index in [1.54, 1.807) is 13.8 Å². The largest absolute Gasteiger partial charge is 0.450 e. The number of esters is 2. The van der Waals surface area contributed by atoms with Crippen LogP contribution in [-0.2, 0) is 19.1 Å². The molecule has 4 heteroatoms. The number of cyclic esters (lactones) is 2. The van der Waals surface area contributed by atoms with E-state index in [9.17, 15) is 9.59 Å². The molecule has 1 fully saturated rings. The zero-order valence-corrected chi connectivity index (χ0v) is 5.79. The predicted octanol–water partition coefficient (Wildman–Crippen LogP) is -0.137. The second-order valence-corrected chi connectivity index (χ2v) is 2.22. The highest BCUT2D eigenvalue weighted by Crippen LogP contribution is 2.09. The van der Waals surface area contributed by atoms with Gasteiger partial charge in [-0.15, -0.1) is 0 Å². The van der Waals surface area contributed by atoms with Crippen molar-refractivity contribution in [1.82, 2.24) is 0 Å². The van der Waals surface area contributed by atoms with Crippen molar-refractivity contribution in [1.29, 1.82) is 0 Å². The van der Waals surface area contributed by atoms with E-state index in [1.165, 1.54) is 0 Å². The molecule has 0 bridgehead atoms. The summed E-state index contributed by atoms with van der Waals surface area (Å²) in [5, 5.41) is 0. The molecule has 1 rings (SSSR count). The van der Waals surface area contributed by atoms with Gasteiger partial charge in [0, 0.05) is 0 Å². The smallest absolute Gasteiger partial charge is 0.417 e. The van der Waals surface area contributed by atoms with Crippen LogP contribution in [0.15, 0.2) is 0 Å². The van der Waals surface area contributed by atoms with Gasteiger partial charge in [0.1, 0.15) is 12.2 Å². The lowest BCUT2D eigenvalue weighted by Crippen LogP contribution is -2.41. The molecular weight excluding hydrogens is 136 g/mol. The molecule has 0 amide bonds. The Labute approximate surface area is 58.1 Å². The first-order valence-electron chi connectivity index (χ1n) is 3.03. The van der Waals surface area contributed by atoms with Gasteiger partial charge in [-0.25, -0.2) is 9.59 Å². The van der Waals surface area contributed by atoms with Crippen molar-refractivity contribution >= 4 is 11.9 Å². The van der Waals surface area contributed by atoms with Crippen LogP contribution in [0.4, 0.5) is 0 Å². The Morgan fingerprint density at radius 3 is 1.60 bits per heavy atom. The third kappa shape index (κ3) is 1.10. The molecule has 2 atom stereocenters. The van der Waals surface area contributed by atoms with Crippen LogP contribution in [-0.4, -0.2) is 24.1 Å². The summed E-state index contributed by atoms with van der Waals surface area (Å²) < 4.78 is 9.19. The van der Waals surface area contributed by atoms with Crippen LogP contribution < -0.4 is 0 Å². The summed E-state index contributed by atoms with van der Waals surface area (Å²) in [6.07, 6.45) is -0.657. The Morgan fingerprint density at radius 2 is 1.30 bits per heavy atom. The molecule has 0 aliphatic carbocycles. The highest BCUT2D eigenvalue weighted by molar-refractivity contribution is 6.30. The topological polar surface area (TPSA) is 52.6 Å². The van der Waals surface area contributed by atoms with Gasteiger partial charge < -0.3 is 9.47 Å². The molecule has 56 valence electrons. The van der Waals surface area contributed by atoms with Crippen LogP contribution in [0.3, 0.4) is 0 Å². The van der Waals surface area contributed by atoms with Crippen molar-refractivity contribution in [3.05, 3.63) is 0 Å². The van der Waals surface area contributed by atoms with E-state index < -0.39 is 11.9 Å². The van der Waals surface area contributed by atoms with E-state index in [0.717, 1.165) is 0 Å². The van der Waals surface area contributed by atoms with Crippen molar-refractivity contribution in [3.63, 3.8) is 0 Å². The van der Waals surface area contributed by atoms with Gasteiger partial charge in [-0.3, -0.25) is 0 Å². The minimum atomic E-state index is -0.898. The Bertz CT molecular complexity index is 155. The summed E-state index contributed by atoms with van der Waals surface area (Å²) in [7, 11) is 0. The molecule has 0 spiro atoms. The maximum atomic E-state index is 10.5. The van der Waals surface area contributed by atoms with Gasteiger partial charge in [0.05, 0.1) is 0 Å². The first kappa shape index (κ1) is 7.05. The highest BCUT2D eigenvalue weighted by atomic mass is 16.6. The molecule has 0 aromatic heterocycles. The fraction of sp³-hybridized carbons (Fsp3) is 0.667. The summed E-state index contributed by atoms with van der Waals surface area (Å²) in [5.74, 6) is -1.80. The molecule has 0 saturated carbocycles. The highest BCUT2D eigenvalue weighted by Gasteiger charge is 2.32. The molecule has 1 saturated heterocycles. The number of carbonyl (C=O) groups is 2. The first-order chi connectivity index (χ1) is 4.61. The fourth-order valence-corrected chi connectivity index (χ4v) is 0.626. The number of hydrogen-bond acceptors (Lipinski definition) is 4. The second-order valence-electron chi connectivity index (χ2n) is 2.22. The molecular formula is C6H8O4. The van der Waals surface area contributed by atoms with E-state index in [0.29, 0.717) is 0 Å². The molecule has 1 heterocycles. The number of rotatable bonds is 0. The fourth-order valence-electron chi connectivity index (χ4n) is 0.626. The van der Waals surface area contributed by atoms with Gasteiger partial charge in [0.25, 0.3) is 0 Å². The number of ether oxygens (including phenoxy) is 2. The normalized spacial score (nSPS) is 33.0. The Morgan fingerprint density at radius 1 is 1.00 bits per heavy atom. The van der Waals surface area contributed by atoms with Gasteiger partial charge in [-0.05, 0) is 13.8 Å². The van der Waals surface area contributed by atoms with E-state index >= 15 is 0 Å². The number of hydrogen-bond donors (Lipinski definition) is 0. The lowest BCUT2D eigenvalue weighted by atomic mass is 10.2. The van der Waals surface area contributed by atoms with Crippen molar-refractivity contribution in [2.24, 2.45) is 0 Å². The zero-order valence-electron chi connectivity index (χ0n) is 5.79. The van der Waals surface area contributed by atoms with Gasteiger partial charge in [-0.2, -0.15) is 0 Å². The van der Waals surface area contributed by atoms with Crippen LogP contribution >= 0.6 is 0 Å². The SMILES string of the molecule is C[C@@H]1OC(=O)C(=O)O[C@H]1C. The van der Waals surface area contributed by atoms with Crippen LogP contribution in [0.2, 0.25) is 0 Å². The Hall–Kier alpha value is -1.06. The summed E-state index contributed by atoms with van der Waals surface area (Å²) >= 11 is 0. The quantitative estimate of drug-likeness (QED) is 0.351. The molecule has 4 nitrogen and oxygen atoms in total. The van der Waals surface area contributed by atoms with Crippen LogP contribution in [0, 0.1) is 0 Å². The summed E-state index contributed by atoms with van der Waals surface area (Å²) in [6.45, 7) is 3.35. The van der Waals surface area contributed by atoms with Gasteiger partial charge in [0.2, 0.25) is 0 Å². The zero-order chi connectivity index (χ0) is 7.72. The van der Waals surface area contributed by atoms with Crippen molar-refractivity contribution in [3.8, 4) is 0 Å². The van der Waals surface area contributed by atoms with E-state index in [4.69, 9.17) is 0 Å². The van der Waals surface area contributed by atoms with Crippen LogP contribution in [0.1, 0.15) is 13.8 Å². The molecule has 0 aromatic carbocycles. The third-order valence-corrected chi connectivity index (χ3v) is 1.41. The molecule has 0 N–H and O–H groups in total. The predicted molar refractivity (Wildman–Crippen MR) is 31.1 cm³/mol. The molecule has 0 unspecified atom stereocenters. The van der Waals surface area contributed by atoms with Gasteiger partial charge in [-0.1, -0.05) is 0 Å². The minimum absolute atomic E-state index is 0.329.